The predicted molar refractivity (Wildman–Crippen MR) is 86.7 cm³/mol. The number of nitrogens with two attached hydrogens (primary N) is 1. The molecule has 1 amide bonds. The number of methoxy groups -OCH3 is 1. The molecule has 2 aromatic rings. The van der Waals surface area contributed by atoms with Crippen molar-refractivity contribution in [3.63, 3.8) is 0 Å². The van der Waals surface area contributed by atoms with Gasteiger partial charge in [0.15, 0.2) is 0 Å². The van der Waals surface area contributed by atoms with E-state index in [1.165, 1.54) is 10.9 Å². The van der Waals surface area contributed by atoms with Crippen molar-refractivity contribution in [1.29, 1.82) is 0 Å². The van der Waals surface area contributed by atoms with Gasteiger partial charge in [0.1, 0.15) is 5.75 Å². The number of fused-ring (bicyclic) bond motifs is 1. The number of H-pyrrole nitrogens is 1. The lowest BCUT2D eigenvalue weighted by molar-refractivity contribution is -0.129. The molecule has 1 aromatic carbocycles. The van der Waals surface area contributed by atoms with Crippen molar-refractivity contribution >= 4 is 16.8 Å². The van der Waals surface area contributed by atoms with Gasteiger partial charge in [0.25, 0.3) is 0 Å². The standard InChI is InChI=1S/C17H23N3O2/c1-17(16(18)21)6-3-7-20(11-17)10-12-9-19-15-5-4-13(22-2)8-14(12)15/h4-5,8-9,19H,3,6-7,10-11H2,1-2H3,(H2,18,21). The molecular weight excluding hydrogens is 278 g/mol. The third-order valence-electron chi connectivity index (χ3n) is 4.74. The molecule has 0 bridgehead atoms. The van der Waals surface area contributed by atoms with Gasteiger partial charge in [-0.2, -0.15) is 0 Å². The van der Waals surface area contributed by atoms with Gasteiger partial charge in [0.2, 0.25) is 5.91 Å². The van der Waals surface area contributed by atoms with Crippen LogP contribution < -0.4 is 10.5 Å². The number of hydrogen-bond donors (Lipinski definition) is 2. The molecule has 5 nitrogen and oxygen atoms in total. The van der Waals surface area contributed by atoms with Gasteiger partial charge >= 0.3 is 0 Å². The number of aromatic amines is 1. The molecule has 118 valence electrons. The fraction of sp³-hybridized carbons (Fsp3) is 0.471. The van der Waals surface area contributed by atoms with E-state index in [4.69, 9.17) is 10.5 Å². The van der Waals surface area contributed by atoms with Crippen molar-refractivity contribution in [2.45, 2.75) is 26.3 Å². The number of piperidine rings is 1. The Balaban J connectivity index is 1.82. The molecule has 3 N–H and O–H groups in total. The zero-order valence-electron chi connectivity index (χ0n) is 13.2. The highest BCUT2D eigenvalue weighted by atomic mass is 16.5. The van der Waals surface area contributed by atoms with Crippen molar-refractivity contribution in [3.05, 3.63) is 30.0 Å². The maximum Gasteiger partial charge on any atom is 0.224 e. The quantitative estimate of drug-likeness (QED) is 0.910. The van der Waals surface area contributed by atoms with Crippen molar-refractivity contribution in [2.24, 2.45) is 11.1 Å². The molecule has 0 aliphatic carbocycles. The Labute approximate surface area is 130 Å². The Morgan fingerprint density at radius 2 is 2.32 bits per heavy atom. The molecule has 1 saturated heterocycles. The number of ether oxygens (including phenoxy) is 1. The van der Waals surface area contributed by atoms with Crippen LogP contribution in [0, 0.1) is 5.41 Å². The van der Waals surface area contributed by atoms with Gasteiger partial charge in [-0.3, -0.25) is 9.69 Å². The molecule has 1 aromatic heterocycles. The number of carbonyl (C=O) groups is 1. The summed E-state index contributed by atoms with van der Waals surface area (Å²) in [4.78, 5) is 17.3. The van der Waals surface area contributed by atoms with E-state index < -0.39 is 5.41 Å². The van der Waals surface area contributed by atoms with Crippen molar-refractivity contribution < 1.29 is 9.53 Å². The van der Waals surface area contributed by atoms with E-state index in [1.54, 1.807) is 7.11 Å². The lowest BCUT2D eigenvalue weighted by Crippen LogP contribution is -2.48. The monoisotopic (exact) mass is 301 g/mol. The van der Waals surface area contributed by atoms with Crippen LogP contribution in [0.4, 0.5) is 0 Å². The first-order valence-corrected chi connectivity index (χ1v) is 7.68. The van der Waals surface area contributed by atoms with E-state index in [0.717, 1.165) is 43.7 Å². The van der Waals surface area contributed by atoms with E-state index in [9.17, 15) is 4.79 Å². The Morgan fingerprint density at radius 3 is 3.05 bits per heavy atom. The highest BCUT2D eigenvalue weighted by Crippen LogP contribution is 2.31. The van der Waals surface area contributed by atoms with E-state index in [0.29, 0.717) is 0 Å². The van der Waals surface area contributed by atoms with Gasteiger partial charge in [-0.25, -0.2) is 0 Å². The average Bonchev–Trinajstić information content (AvgIpc) is 2.89. The number of carbonyl (C=O) groups excluding carboxylic acids is 1. The van der Waals surface area contributed by atoms with Crippen LogP contribution in [0.5, 0.6) is 5.75 Å². The van der Waals surface area contributed by atoms with Crippen LogP contribution in [0.25, 0.3) is 10.9 Å². The van der Waals surface area contributed by atoms with Crippen molar-refractivity contribution in [3.8, 4) is 5.75 Å². The summed E-state index contributed by atoms with van der Waals surface area (Å²) in [6.45, 7) is 4.51. The maximum absolute atomic E-state index is 11.7. The second kappa shape index (κ2) is 5.65. The van der Waals surface area contributed by atoms with Crippen molar-refractivity contribution in [2.75, 3.05) is 20.2 Å². The fourth-order valence-electron chi connectivity index (χ4n) is 3.34. The second-order valence-electron chi connectivity index (χ2n) is 6.46. The molecule has 1 unspecified atom stereocenters. The summed E-state index contributed by atoms with van der Waals surface area (Å²) in [6.07, 6.45) is 3.92. The molecule has 0 spiro atoms. The van der Waals surface area contributed by atoms with Crippen molar-refractivity contribution in [1.82, 2.24) is 9.88 Å². The number of amides is 1. The van der Waals surface area contributed by atoms with Gasteiger partial charge in [0, 0.05) is 30.2 Å². The van der Waals surface area contributed by atoms with Crippen LogP contribution in [0.1, 0.15) is 25.3 Å². The minimum atomic E-state index is -0.415. The molecule has 1 aliphatic heterocycles. The summed E-state index contributed by atoms with van der Waals surface area (Å²) < 4.78 is 5.31. The summed E-state index contributed by atoms with van der Waals surface area (Å²) in [7, 11) is 1.68. The number of nitrogens with zero attached hydrogens (tertiary/aromatic N) is 1. The fourth-order valence-corrected chi connectivity index (χ4v) is 3.34. The van der Waals surface area contributed by atoms with Gasteiger partial charge in [-0.15, -0.1) is 0 Å². The highest BCUT2D eigenvalue weighted by molar-refractivity contribution is 5.84. The summed E-state index contributed by atoms with van der Waals surface area (Å²) in [5.74, 6) is 0.659. The third-order valence-corrected chi connectivity index (χ3v) is 4.74. The van der Waals surface area contributed by atoms with E-state index in [-0.39, 0.29) is 5.91 Å². The molecule has 5 heteroatoms. The summed E-state index contributed by atoms with van der Waals surface area (Å²) in [5.41, 5.74) is 7.49. The SMILES string of the molecule is COc1ccc2[nH]cc(CN3CCCC(C)(C(N)=O)C3)c2c1. The highest BCUT2D eigenvalue weighted by Gasteiger charge is 2.36. The Morgan fingerprint density at radius 1 is 1.50 bits per heavy atom. The van der Waals surface area contributed by atoms with Crippen LogP contribution in [-0.4, -0.2) is 36.0 Å². The van der Waals surface area contributed by atoms with Crippen LogP contribution in [-0.2, 0) is 11.3 Å². The smallest absolute Gasteiger partial charge is 0.224 e. The number of hydrogen-bond acceptors (Lipinski definition) is 3. The molecule has 0 radical (unpaired) electrons. The van der Waals surface area contributed by atoms with Crippen LogP contribution >= 0.6 is 0 Å². The maximum atomic E-state index is 11.7. The number of primary amides is 1. The Hall–Kier alpha value is -2.01. The number of likely N-dealkylation sites (tertiary alicyclic amines) is 1. The number of aromatic nitrogens is 1. The molecule has 1 aliphatic rings. The van der Waals surface area contributed by atoms with E-state index >= 15 is 0 Å². The molecule has 22 heavy (non-hydrogen) atoms. The molecule has 1 fully saturated rings. The normalized spacial score (nSPS) is 22.8. The lowest BCUT2D eigenvalue weighted by Gasteiger charge is -2.38. The number of benzene rings is 1. The summed E-state index contributed by atoms with van der Waals surface area (Å²) in [5, 5.41) is 1.17. The third kappa shape index (κ3) is 2.68. The summed E-state index contributed by atoms with van der Waals surface area (Å²) in [6, 6.07) is 6.04. The van der Waals surface area contributed by atoms with Crippen LogP contribution in [0.15, 0.2) is 24.4 Å². The molecular formula is C17H23N3O2. The van der Waals surface area contributed by atoms with Gasteiger partial charge in [-0.1, -0.05) is 0 Å². The molecule has 0 saturated carbocycles. The topological polar surface area (TPSA) is 71.3 Å². The molecule has 2 heterocycles. The predicted octanol–water partition coefficient (Wildman–Crippen LogP) is 2.26. The lowest BCUT2D eigenvalue weighted by atomic mass is 9.81. The van der Waals surface area contributed by atoms with Crippen LogP contribution in [0.2, 0.25) is 0 Å². The van der Waals surface area contributed by atoms with Crippen LogP contribution in [0.3, 0.4) is 0 Å². The van der Waals surface area contributed by atoms with E-state index in [1.807, 2.05) is 25.3 Å². The minimum Gasteiger partial charge on any atom is -0.497 e. The van der Waals surface area contributed by atoms with E-state index in [2.05, 4.69) is 16.0 Å². The van der Waals surface area contributed by atoms with Gasteiger partial charge < -0.3 is 15.5 Å². The Bertz CT molecular complexity index is 694. The number of nitrogens with one attached hydrogen (secondary N) is 1. The van der Waals surface area contributed by atoms with Gasteiger partial charge in [0.05, 0.1) is 12.5 Å². The first kappa shape index (κ1) is 14.9. The molecule has 1 atom stereocenters. The minimum absolute atomic E-state index is 0.196. The zero-order valence-corrected chi connectivity index (χ0v) is 13.2. The summed E-state index contributed by atoms with van der Waals surface area (Å²) >= 11 is 0. The molecule has 3 rings (SSSR count). The number of rotatable bonds is 4. The Kier molecular flexibility index (Phi) is 3.83. The first-order chi connectivity index (χ1) is 10.5. The average molecular weight is 301 g/mol. The van der Waals surface area contributed by atoms with Gasteiger partial charge in [-0.05, 0) is 50.1 Å². The second-order valence-corrected chi connectivity index (χ2v) is 6.46. The largest absolute Gasteiger partial charge is 0.497 e. The first-order valence-electron chi connectivity index (χ1n) is 7.68. The zero-order chi connectivity index (χ0) is 15.7.